The quantitative estimate of drug-likeness (QED) is 0.718. The first-order valence-corrected chi connectivity index (χ1v) is 9.77. The molecule has 3 aromatic rings. The molecule has 0 aliphatic heterocycles. The molecular formula is C22H27N5O. The van der Waals surface area contributed by atoms with Crippen LogP contribution in [0.2, 0.25) is 0 Å². The average molecular weight is 377 g/mol. The molecule has 0 bridgehead atoms. The number of hydrogen-bond acceptors (Lipinski definition) is 4. The molecule has 6 nitrogen and oxygen atoms in total. The smallest absolute Gasteiger partial charge is 0.252 e. The zero-order chi connectivity index (χ0) is 20.1. The molecule has 4 rings (SSSR count). The van der Waals surface area contributed by atoms with Gasteiger partial charge < -0.3 is 11.1 Å². The lowest BCUT2D eigenvalue weighted by Crippen LogP contribution is -2.35. The van der Waals surface area contributed by atoms with Gasteiger partial charge in [-0.05, 0) is 54.4 Å². The Balaban J connectivity index is 1.84. The highest BCUT2D eigenvalue weighted by atomic mass is 16.1. The Hall–Kier alpha value is -2.89. The monoisotopic (exact) mass is 377 g/mol. The van der Waals surface area contributed by atoms with Crippen LogP contribution in [-0.2, 0) is 0 Å². The summed E-state index contributed by atoms with van der Waals surface area (Å²) in [6.07, 6.45) is 9.41. The van der Waals surface area contributed by atoms with E-state index < -0.39 is 5.91 Å². The summed E-state index contributed by atoms with van der Waals surface area (Å²) >= 11 is 0. The molecule has 3 aromatic heterocycles. The summed E-state index contributed by atoms with van der Waals surface area (Å²) < 4.78 is 1.81. The van der Waals surface area contributed by atoms with E-state index in [0.717, 1.165) is 34.3 Å². The van der Waals surface area contributed by atoms with E-state index in [9.17, 15) is 4.79 Å². The van der Waals surface area contributed by atoms with Crippen molar-refractivity contribution in [3.63, 3.8) is 0 Å². The Bertz CT molecular complexity index is 1050. The zero-order valence-corrected chi connectivity index (χ0v) is 16.9. The van der Waals surface area contributed by atoms with Crippen LogP contribution < -0.4 is 11.1 Å². The molecule has 0 saturated heterocycles. The molecule has 1 fully saturated rings. The summed E-state index contributed by atoms with van der Waals surface area (Å²) in [4.78, 5) is 16.3. The van der Waals surface area contributed by atoms with E-state index in [1.165, 1.54) is 6.42 Å². The summed E-state index contributed by atoms with van der Waals surface area (Å²) in [5.74, 6) is 0.144. The van der Waals surface area contributed by atoms with Gasteiger partial charge >= 0.3 is 0 Å². The molecule has 1 aliphatic rings. The molecule has 2 atom stereocenters. The number of nitrogens with zero attached hydrogens (tertiary/aromatic N) is 3. The van der Waals surface area contributed by atoms with Gasteiger partial charge in [-0.3, -0.25) is 9.78 Å². The molecule has 3 heterocycles. The van der Waals surface area contributed by atoms with Crippen molar-refractivity contribution in [3.8, 4) is 11.1 Å². The van der Waals surface area contributed by atoms with E-state index in [2.05, 4.69) is 42.2 Å². The summed E-state index contributed by atoms with van der Waals surface area (Å²) in [6, 6.07) is 4.33. The highest BCUT2D eigenvalue weighted by Gasteiger charge is 2.41. The Morgan fingerprint density at radius 2 is 2.11 bits per heavy atom. The Morgan fingerprint density at radius 3 is 2.75 bits per heavy atom. The Kier molecular flexibility index (Phi) is 4.37. The standard InChI is InChI=1S/C22H27N5O/c1-13-10-24-8-7-16(13)15-9-18-20(17(21(23)28)11-25-27(18)12-15)26-19-6-5-14(2)22(19,3)4/h7-12,14,19,26H,5-6H2,1-4H3,(H2,23,28)/t14?,19-/m1/s1. The van der Waals surface area contributed by atoms with Gasteiger partial charge in [0.2, 0.25) is 0 Å². The maximum atomic E-state index is 12.1. The second kappa shape index (κ2) is 6.62. The third-order valence-corrected chi connectivity index (χ3v) is 6.61. The first-order chi connectivity index (χ1) is 13.3. The number of nitrogens with two attached hydrogens (primary N) is 1. The highest BCUT2D eigenvalue weighted by Crippen LogP contribution is 2.44. The lowest BCUT2D eigenvalue weighted by molar-refractivity contribution is 0.100. The van der Waals surface area contributed by atoms with Crippen molar-refractivity contribution in [1.29, 1.82) is 0 Å². The largest absolute Gasteiger partial charge is 0.379 e. The van der Waals surface area contributed by atoms with E-state index in [-0.39, 0.29) is 11.5 Å². The van der Waals surface area contributed by atoms with Gasteiger partial charge in [-0.25, -0.2) is 4.52 Å². The van der Waals surface area contributed by atoms with E-state index in [4.69, 9.17) is 5.73 Å². The number of amides is 1. The number of anilines is 1. The van der Waals surface area contributed by atoms with Crippen molar-refractivity contribution in [2.24, 2.45) is 17.1 Å². The molecule has 1 aliphatic carbocycles. The summed E-state index contributed by atoms with van der Waals surface area (Å²) in [5.41, 5.74) is 11.1. The van der Waals surface area contributed by atoms with Gasteiger partial charge in [-0.1, -0.05) is 20.8 Å². The fraction of sp³-hybridized carbons (Fsp3) is 0.409. The average Bonchev–Trinajstić information content (AvgIpc) is 3.18. The third kappa shape index (κ3) is 2.93. The van der Waals surface area contributed by atoms with Gasteiger partial charge in [-0.15, -0.1) is 0 Å². The van der Waals surface area contributed by atoms with Crippen LogP contribution in [0.15, 0.2) is 36.9 Å². The van der Waals surface area contributed by atoms with E-state index in [1.54, 1.807) is 12.4 Å². The first-order valence-electron chi connectivity index (χ1n) is 9.77. The van der Waals surface area contributed by atoms with Gasteiger partial charge in [0.25, 0.3) is 5.91 Å². The van der Waals surface area contributed by atoms with E-state index in [0.29, 0.717) is 11.5 Å². The number of aromatic nitrogens is 3. The van der Waals surface area contributed by atoms with Crippen molar-refractivity contribution >= 4 is 17.1 Å². The summed E-state index contributed by atoms with van der Waals surface area (Å²) in [7, 11) is 0. The van der Waals surface area contributed by atoms with Crippen molar-refractivity contribution in [3.05, 3.63) is 48.0 Å². The molecule has 3 N–H and O–H groups in total. The van der Waals surface area contributed by atoms with Gasteiger partial charge in [0, 0.05) is 30.2 Å². The van der Waals surface area contributed by atoms with Crippen molar-refractivity contribution < 1.29 is 4.79 Å². The second-order valence-electron chi connectivity index (χ2n) is 8.54. The molecular weight excluding hydrogens is 350 g/mol. The van der Waals surface area contributed by atoms with Crippen molar-refractivity contribution in [2.45, 2.75) is 46.6 Å². The normalized spacial score (nSPS) is 21.1. The molecule has 146 valence electrons. The number of primary amides is 1. The van der Waals surface area contributed by atoms with Crippen LogP contribution in [0.1, 0.15) is 49.5 Å². The van der Waals surface area contributed by atoms with Crippen LogP contribution in [-0.4, -0.2) is 26.5 Å². The summed E-state index contributed by atoms with van der Waals surface area (Å²) in [6.45, 7) is 8.90. The lowest BCUT2D eigenvalue weighted by atomic mass is 9.80. The fourth-order valence-corrected chi connectivity index (χ4v) is 4.28. The predicted octanol–water partition coefficient (Wildman–Crippen LogP) is 4.04. The minimum absolute atomic E-state index is 0.131. The number of aryl methyl sites for hydroxylation is 1. The predicted molar refractivity (Wildman–Crippen MR) is 111 cm³/mol. The number of fused-ring (bicyclic) bond motifs is 1. The van der Waals surface area contributed by atoms with E-state index in [1.807, 2.05) is 29.9 Å². The summed E-state index contributed by atoms with van der Waals surface area (Å²) in [5, 5.41) is 8.08. The molecule has 1 amide bonds. The van der Waals surface area contributed by atoms with Crippen LogP contribution >= 0.6 is 0 Å². The lowest BCUT2D eigenvalue weighted by Gasteiger charge is -2.33. The van der Waals surface area contributed by atoms with Crippen LogP contribution in [0, 0.1) is 18.3 Å². The Labute approximate surface area is 165 Å². The SMILES string of the molecule is Cc1cnccc1-c1cc2c(N[C@@H]3CCC(C)C3(C)C)c(C(N)=O)cnn2c1. The second-order valence-corrected chi connectivity index (χ2v) is 8.54. The van der Waals surface area contributed by atoms with Gasteiger partial charge in [0.15, 0.2) is 0 Å². The maximum Gasteiger partial charge on any atom is 0.252 e. The number of rotatable bonds is 4. The number of nitrogens with one attached hydrogen (secondary N) is 1. The van der Waals surface area contributed by atoms with Crippen LogP contribution in [0.3, 0.4) is 0 Å². The minimum atomic E-state index is -0.468. The zero-order valence-electron chi connectivity index (χ0n) is 16.9. The van der Waals surface area contributed by atoms with Crippen LogP contribution in [0.4, 0.5) is 5.69 Å². The molecule has 6 heteroatoms. The number of carbonyl (C=O) groups excluding carboxylic acids is 1. The van der Waals surface area contributed by atoms with Crippen molar-refractivity contribution in [1.82, 2.24) is 14.6 Å². The van der Waals surface area contributed by atoms with Crippen molar-refractivity contribution in [2.75, 3.05) is 5.32 Å². The van der Waals surface area contributed by atoms with Gasteiger partial charge in [0.1, 0.15) is 0 Å². The number of hydrogen-bond donors (Lipinski definition) is 2. The first kappa shape index (κ1) is 18.5. The topological polar surface area (TPSA) is 85.3 Å². The fourth-order valence-electron chi connectivity index (χ4n) is 4.28. The molecule has 1 saturated carbocycles. The molecule has 28 heavy (non-hydrogen) atoms. The molecule has 0 spiro atoms. The number of carbonyl (C=O) groups is 1. The van der Waals surface area contributed by atoms with Crippen LogP contribution in [0.25, 0.3) is 16.6 Å². The van der Waals surface area contributed by atoms with E-state index >= 15 is 0 Å². The minimum Gasteiger partial charge on any atom is -0.379 e. The number of pyridine rings is 1. The van der Waals surface area contributed by atoms with Gasteiger partial charge in [-0.2, -0.15) is 5.10 Å². The molecule has 0 aromatic carbocycles. The van der Waals surface area contributed by atoms with Crippen LogP contribution in [0.5, 0.6) is 0 Å². The van der Waals surface area contributed by atoms with Gasteiger partial charge in [0.05, 0.1) is 23.0 Å². The molecule has 1 unspecified atom stereocenters. The highest BCUT2D eigenvalue weighted by molar-refractivity contribution is 6.02. The Morgan fingerprint density at radius 1 is 1.32 bits per heavy atom. The third-order valence-electron chi connectivity index (χ3n) is 6.61. The molecule has 0 radical (unpaired) electrons. The maximum absolute atomic E-state index is 12.1.